The van der Waals surface area contributed by atoms with Gasteiger partial charge in [0, 0.05) is 14.9 Å². The Bertz CT molecular complexity index is 305. The van der Waals surface area contributed by atoms with Crippen LogP contribution in [0.1, 0.15) is 6.92 Å². The smallest absolute Gasteiger partial charge is 0.140 e. The van der Waals surface area contributed by atoms with Crippen LogP contribution in [0.4, 0.5) is 0 Å². The maximum Gasteiger partial charge on any atom is 0.140 e. The van der Waals surface area contributed by atoms with Gasteiger partial charge < -0.3 is 0 Å². The van der Waals surface area contributed by atoms with Crippen molar-refractivity contribution < 1.29 is 4.79 Å². The van der Waals surface area contributed by atoms with E-state index >= 15 is 0 Å². The standard InChI is InChI=1S/C9H8Cl2OS/c1-6(12)5-13-9-3-7(10)2-8(11)4-9/h2-4H,5H2,1H3. The molecule has 0 radical (unpaired) electrons. The summed E-state index contributed by atoms with van der Waals surface area (Å²) in [4.78, 5) is 11.6. The molecule has 0 aliphatic heterocycles. The quantitative estimate of drug-likeness (QED) is 0.743. The molecule has 0 amide bonds. The number of halogens is 2. The molecule has 0 spiro atoms. The summed E-state index contributed by atoms with van der Waals surface area (Å²) < 4.78 is 0. The molecule has 1 aromatic carbocycles. The van der Waals surface area contributed by atoms with Gasteiger partial charge >= 0.3 is 0 Å². The number of thioether (sulfide) groups is 1. The largest absolute Gasteiger partial charge is 0.299 e. The van der Waals surface area contributed by atoms with E-state index < -0.39 is 0 Å². The minimum absolute atomic E-state index is 0.140. The van der Waals surface area contributed by atoms with Crippen LogP contribution < -0.4 is 0 Å². The van der Waals surface area contributed by atoms with Crippen molar-refractivity contribution in [2.45, 2.75) is 11.8 Å². The Balaban J connectivity index is 2.71. The van der Waals surface area contributed by atoms with Gasteiger partial charge in [0.25, 0.3) is 0 Å². The van der Waals surface area contributed by atoms with Gasteiger partial charge in [0.1, 0.15) is 5.78 Å². The van der Waals surface area contributed by atoms with Crippen LogP contribution in [-0.2, 0) is 4.79 Å². The van der Waals surface area contributed by atoms with Crippen molar-refractivity contribution in [3.63, 3.8) is 0 Å². The first-order valence-electron chi connectivity index (χ1n) is 3.66. The normalized spacial score (nSPS) is 10.1. The average Bonchev–Trinajstić information content (AvgIpc) is 1.99. The number of carbonyl (C=O) groups is 1. The second-order valence-corrected chi connectivity index (χ2v) is 4.52. The summed E-state index contributed by atoms with van der Waals surface area (Å²) >= 11 is 13.0. The molecule has 0 fully saturated rings. The van der Waals surface area contributed by atoms with Crippen molar-refractivity contribution in [1.29, 1.82) is 0 Å². The third-order valence-corrected chi connectivity index (χ3v) is 2.83. The highest BCUT2D eigenvalue weighted by molar-refractivity contribution is 8.00. The molecule has 13 heavy (non-hydrogen) atoms. The Hall–Kier alpha value is -0.180. The highest BCUT2D eigenvalue weighted by Gasteiger charge is 2.00. The molecule has 70 valence electrons. The zero-order chi connectivity index (χ0) is 9.84. The Morgan fingerprint density at radius 1 is 1.31 bits per heavy atom. The Morgan fingerprint density at radius 2 is 1.85 bits per heavy atom. The zero-order valence-electron chi connectivity index (χ0n) is 7.01. The topological polar surface area (TPSA) is 17.1 Å². The summed E-state index contributed by atoms with van der Waals surface area (Å²) in [5, 5.41) is 1.19. The molecule has 0 aliphatic carbocycles. The van der Waals surface area contributed by atoms with Gasteiger partial charge in [-0.15, -0.1) is 11.8 Å². The van der Waals surface area contributed by atoms with Gasteiger partial charge in [-0.25, -0.2) is 0 Å². The van der Waals surface area contributed by atoms with Crippen LogP contribution in [-0.4, -0.2) is 11.5 Å². The molecule has 0 unspecified atom stereocenters. The van der Waals surface area contributed by atoms with E-state index in [0.29, 0.717) is 15.8 Å². The number of carbonyl (C=O) groups excluding carboxylic acids is 1. The predicted octanol–water partition coefficient (Wildman–Crippen LogP) is 3.67. The minimum atomic E-state index is 0.140. The number of Topliss-reactive ketones (excluding diaryl/α,β-unsaturated/α-hetero) is 1. The molecule has 1 aromatic rings. The van der Waals surface area contributed by atoms with E-state index in [4.69, 9.17) is 23.2 Å². The van der Waals surface area contributed by atoms with Crippen LogP contribution in [0, 0.1) is 0 Å². The van der Waals surface area contributed by atoms with Crippen molar-refractivity contribution >= 4 is 40.7 Å². The summed E-state index contributed by atoms with van der Waals surface area (Å²) in [6.07, 6.45) is 0. The van der Waals surface area contributed by atoms with Crippen molar-refractivity contribution in [2.75, 3.05) is 5.75 Å². The van der Waals surface area contributed by atoms with E-state index in [2.05, 4.69) is 0 Å². The molecule has 1 nitrogen and oxygen atoms in total. The fraction of sp³-hybridized carbons (Fsp3) is 0.222. The molecule has 0 aliphatic rings. The third-order valence-electron chi connectivity index (χ3n) is 1.28. The summed E-state index contributed by atoms with van der Waals surface area (Å²) in [7, 11) is 0. The van der Waals surface area contributed by atoms with E-state index in [-0.39, 0.29) is 5.78 Å². The summed E-state index contributed by atoms with van der Waals surface area (Å²) in [6, 6.07) is 5.25. The van der Waals surface area contributed by atoms with Crippen molar-refractivity contribution in [3.05, 3.63) is 28.2 Å². The van der Waals surface area contributed by atoms with Crippen LogP contribution >= 0.6 is 35.0 Å². The molecule has 0 heterocycles. The van der Waals surface area contributed by atoms with Crippen molar-refractivity contribution in [3.8, 4) is 0 Å². The maximum absolute atomic E-state index is 10.7. The molecule has 1 rings (SSSR count). The van der Waals surface area contributed by atoms with Gasteiger partial charge in [0.15, 0.2) is 0 Å². The number of hydrogen-bond donors (Lipinski definition) is 0. The predicted molar refractivity (Wildman–Crippen MR) is 57.9 cm³/mol. The van der Waals surface area contributed by atoms with Crippen LogP contribution in [0.5, 0.6) is 0 Å². The van der Waals surface area contributed by atoms with Crippen LogP contribution in [0.3, 0.4) is 0 Å². The lowest BCUT2D eigenvalue weighted by molar-refractivity contribution is -0.114. The van der Waals surface area contributed by atoms with Gasteiger partial charge in [-0.1, -0.05) is 23.2 Å². The number of ketones is 1. The molecular weight excluding hydrogens is 227 g/mol. The highest BCUT2D eigenvalue weighted by atomic mass is 35.5. The Kier molecular flexibility index (Phi) is 4.10. The molecule has 0 saturated heterocycles. The Morgan fingerprint density at radius 3 is 2.31 bits per heavy atom. The zero-order valence-corrected chi connectivity index (χ0v) is 9.34. The van der Waals surface area contributed by atoms with Crippen molar-refractivity contribution in [1.82, 2.24) is 0 Å². The van der Waals surface area contributed by atoms with Crippen LogP contribution in [0.2, 0.25) is 10.0 Å². The minimum Gasteiger partial charge on any atom is -0.299 e. The molecule has 0 N–H and O–H groups in total. The summed E-state index contributed by atoms with van der Waals surface area (Å²) in [5.74, 6) is 0.595. The van der Waals surface area contributed by atoms with E-state index in [1.807, 2.05) is 0 Å². The Labute approximate surface area is 91.4 Å². The van der Waals surface area contributed by atoms with E-state index in [1.165, 1.54) is 11.8 Å². The molecule has 0 bridgehead atoms. The first-order chi connectivity index (χ1) is 6.08. The highest BCUT2D eigenvalue weighted by Crippen LogP contribution is 2.26. The third kappa shape index (κ3) is 4.03. The molecule has 4 heteroatoms. The number of hydrogen-bond acceptors (Lipinski definition) is 2. The average molecular weight is 235 g/mol. The lowest BCUT2D eigenvalue weighted by Gasteiger charge is -2.00. The lowest BCUT2D eigenvalue weighted by Crippen LogP contribution is -1.92. The summed E-state index contributed by atoms with van der Waals surface area (Å²) in [6.45, 7) is 1.55. The van der Waals surface area contributed by atoms with Gasteiger partial charge in [-0.3, -0.25) is 4.79 Å². The van der Waals surface area contributed by atoms with Gasteiger partial charge in [0.2, 0.25) is 0 Å². The maximum atomic E-state index is 10.7. The number of rotatable bonds is 3. The lowest BCUT2D eigenvalue weighted by atomic mass is 10.4. The second-order valence-electron chi connectivity index (χ2n) is 2.60. The monoisotopic (exact) mass is 234 g/mol. The second kappa shape index (κ2) is 4.89. The van der Waals surface area contributed by atoms with Gasteiger partial charge in [-0.2, -0.15) is 0 Å². The van der Waals surface area contributed by atoms with Gasteiger partial charge in [0.05, 0.1) is 5.75 Å². The van der Waals surface area contributed by atoms with Crippen molar-refractivity contribution in [2.24, 2.45) is 0 Å². The summed E-state index contributed by atoms with van der Waals surface area (Å²) in [5.41, 5.74) is 0. The molecular formula is C9H8Cl2OS. The number of benzene rings is 1. The van der Waals surface area contributed by atoms with E-state index in [0.717, 1.165) is 4.90 Å². The first kappa shape index (κ1) is 10.9. The SMILES string of the molecule is CC(=O)CSc1cc(Cl)cc(Cl)c1. The fourth-order valence-electron chi connectivity index (χ4n) is 0.797. The van der Waals surface area contributed by atoms with Gasteiger partial charge in [-0.05, 0) is 25.1 Å². The van der Waals surface area contributed by atoms with Crippen LogP contribution in [0.15, 0.2) is 23.1 Å². The van der Waals surface area contributed by atoms with E-state index in [9.17, 15) is 4.79 Å². The molecule has 0 saturated carbocycles. The van der Waals surface area contributed by atoms with E-state index in [1.54, 1.807) is 25.1 Å². The van der Waals surface area contributed by atoms with Crippen LogP contribution in [0.25, 0.3) is 0 Å². The molecule has 0 atom stereocenters. The molecule has 0 aromatic heterocycles. The first-order valence-corrected chi connectivity index (χ1v) is 5.40. The fourth-order valence-corrected chi connectivity index (χ4v) is 2.24.